The average molecular weight is 351 g/mol. The van der Waals surface area contributed by atoms with Crippen LogP contribution in [0.1, 0.15) is 15.9 Å². The number of nitro groups is 1. The zero-order valence-electron chi connectivity index (χ0n) is 13.3. The lowest BCUT2D eigenvalue weighted by Gasteiger charge is -2.12. The van der Waals surface area contributed by atoms with Crippen LogP contribution in [0.15, 0.2) is 30.3 Å². The van der Waals surface area contributed by atoms with Crippen LogP contribution in [-0.2, 0) is 0 Å². The van der Waals surface area contributed by atoms with Gasteiger partial charge in [0.2, 0.25) is 0 Å². The van der Waals surface area contributed by atoms with Crippen LogP contribution in [-0.4, -0.2) is 25.1 Å². The minimum atomic E-state index is -0.525. The van der Waals surface area contributed by atoms with Crippen LogP contribution in [0.2, 0.25) is 5.02 Å². The summed E-state index contributed by atoms with van der Waals surface area (Å²) in [6, 6.07) is 7.15. The summed E-state index contributed by atoms with van der Waals surface area (Å²) < 4.78 is 10.3. The summed E-state index contributed by atoms with van der Waals surface area (Å²) in [5, 5.41) is 13.7. The first-order valence-corrected chi connectivity index (χ1v) is 7.23. The number of benzene rings is 2. The van der Waals surface area contributed by atoms with Crippen LogP contribution >= 0.6 is 11.6 Å². The van der Waals surface area contributed by atoms with Gasteiger partial charge < -0.3 is 14.8 Å². The topological polar surface area (TPSA) is 90.7 Å². The Morgan fingerprint density at radius 1 is 1.21 bits per heavy atom. The lowest BCUT2D eigenvalue weighted by Crippen LogP contribution is -2.13. The van der Waals surface area contributed by atoms with Crippen molar-refractivity contribution in [2.24, 2.45) is 0 Å². The molecule has 0 unspecified atom stereocenters. The summed E-state index contributed by atoms with van der Waals surface area (Å²) in [4.78, 5) is 22.8. The zero-order valence-corrected chi connectivity index (χ0v) is 14.0. The largest absolute Gasteiger partial charge is 0.493 e. The molecule has 1 N–H and O–H groups in total. The highest BCUT2D eigenvalue weighted by Gasteiger charge is 2.17. The number of ether oxygens (including phenoxy) is 2. The van der Waals surface area contributed by atoms with Crippen LogP contribution in [0.3, 0.4) is 0 Å². The minimum absolute atomic E-state index is 0.110. The molecule has 8 heteroatoms. The van der Waals surface area contributed by atoms with E-state index in [4.69, 9.17) is 21.1 Å². The Morgan fingerprint density at radius 2 is 1.92 bits per heavy atom. The lowest BCUT2D eigenvalue weighted by atomic mass is 10.1. The van der Waals surface area contributed by atoms with Crippen molar-refractivity contribution >= 4 is 28.9 Å². The third-order valence-electron chi connectivity index (χ3n) is 3.38. The van der Waals surface area contributed by atoms with Gasteiger partial charge in [0, 0.05) is 17.7 Å². The Labute approximate surface area is 143 Å². The molecule has 0 atom stereocenters. The molecule has 24 heavy (non-hydrogen) atoms. The fourth-order valence-electron chi connectivity index (χ4n) is 2.10. The molecule has 0 spiro atoms. The van der Waals surface area contributed by atoms with Crippen LogP contribution in [0.4, 0.5) is 11.4 Å². The zero-order chi connectivity index (χ0) is 17.9. The van der Waals surface area contributed by atoms with E-state index >= 15 is 0 Å². The molecule has 0 aliphatic carbocycles. The number of nitro benzene ring substituents is 1. The van der Waals surface area contributed by atoms with Crippen LogP contribution < -0.4 is 14.8 Å². The van der Waals surface area contributed by atoms with Gasteiger partial charge in [-0.15, -0.1) is 0 Å². The maximum Gasteiger partial charge on any atom is 0.271 e. The molecule has 2 aromatic rings. The van der Waals surface area contributed by atoms with Gasteiger partial charge in [-0.05, 0) is 24.6 Å². The van der Waals surface area contributed by atoms with Gasteiger partial charge in [0.25, 0.3) is 11.6 Å². The standard InChI is InChI=1S/C16H15ClN2O5/c1-9-4-5-11(19(21)22)8-13(9)18-16(20)10-6-12(17)15(24-3)14(7-10)23-2/h4-8H,1-3H3,(H,18,20). The number of rotatable bonds is 5. The molecule has 0 aliphatic rings. The van der Waals surface area contributed by atoms with Gasteiger partial charge in [-0.1, -0.05) is 17.7 Å². The van der Waals surface area contributed by atoms with Crippen molar-refractivity contribution in [1.29, 1.82) is 0 Å². The van der Waals surface area contributed by atoms with E-state index in [1.807, 2.05) is 0 Å². The molecule has 0 heterocycles. The lowest BCUT2D eigenvalue weighted by molar-refractivity contribution is -0.384. The number of hydrogen-bond acceptors (Lipinski definition) is 5. The van der Waals surface area contributed by atoms with E-state index in [-0.39, 0.29) is 16.3 Å². The van der Waals surface area contributed by atoms with Gasteiger partial charge in [0.15, 0.2) is 11.5 Å². The molecular weight excluding hydrogens is 336 g/mol. The van der Waals surface area contributed by atoms with Gasteiger partial charge >= 0.3 is 0 Å². The van der Waals surface area contributed by atoms with Gasteiger partial charge in [0.1, 0.15) is 0 Å². The van der Waals surface area contributed by atoms with Gasteiger partial charge in [-0.2, -0.15) is 0 Å². The van der Waals surface area contributed by atoms with E-state index in [0.717, 1.165) is 0 Å². The molecular formula is C16H15ClN2O5. The first-order chi connectivity index (χ1) is 11.4. The van der Waals surface area contributed by atoms with Crippen molar-refractivity contribution in [2.45, 2.75) is 6.92 Å². The highest BCUT2D eigenvalue weighted by Crippen LogP contribution is 2.36. The number of methoxy groups -OCH3 is 2. The second-order valence-corrected chi connectivity index (χ2v) is 5.31. The number of hydrogen-bond donors (Lipinski definition) is 1. The maximum absolute atomic E-state index is 12.4. The summed E-state index contributed by atoms with van der Waals surface area (Å²) in [6.07, 6.45) is 0. The molecule has 0 fully saturated rings. The summed E-state index contributed by atoms with van der Waals surface area (Å²) in [5.74, 6) is 0.162. The number of nitrogens with one attached hydrogen (secondary N) is 1. The Balaban J connectivity index is 2.35. The molecule has 2 aromatic carbocycles. The van der Waals surface area contributed by atoms with Crippen LogP contribution in [0, 0.1) is 17.0 Å². The van der Waals surface area contributed by atoms with E-state index < -0.39 is 10.8 Å². The summed E-state index contributed by atoms with van der Waals surface area (Å²) in [7, 11) is 2.87. The molecule has 7 nitrogen and oxygen atoms in total. The third kappa shape index (κ3) is 3.57. The van der Waals surface area contributed by atoms with Crippen molar-refractivity contribution in [3.8, 4) is 11.5 Å². The highest BCUT2D eigenvalue weighted by atomic mass is 35.5. The monoisotopic (exact) mass is 350 g/mol. The number of nitrogens with zero attached hydrogens (tertiary/aromatic N) is 1. The number of aryl methyl sites for hydroxylation is 1. The fraction of sp³-hybridized carbons (Fsp3) is 0.188. The van der Waals surface area contributed by atoms with Crippen LogP contribution in [0.5, 0.6) is 11.5 Å². The van der Waals surface area contributed by atoms with Crippen molar-refractivity contribution in [2.75, 3.05) is 19.5 Å². The van der Waals surface area contributed by atoms with Gasteiger partial charge in [-0.25, -0.2) is 0 Å². The molecule has 1 amide bonds. The first-order valence-electron chi connectivity index (χ1n) is 6.85. The maximum atomic E-state index is 12.4. The molecule has 0 saturated heterocycles. The Kier molecular flexibility index (Phi) is 5.25. The Bertz CT molecular complexity index is 807. The SMILES string of the molecule is COc1cc(C(=O)Nc2cc([N+](=O)[O-])ccc2C)cc(Cl)c1OC. The molecule has 0 saturated carbocycles. The predicted octanol–water partition coefficient (Wildman–Crippen LogP) is 3.83. The third-order valence-corrected chi connectivity index (χ3v) is 3.66. The average Bonchev–Trinajstić information content (AvgIpc) is 2.55. The number of carbonyl (C=O) groups excluding carboxylic acids is 1. The highest BCUT2D eigenvalue weighted by molar-refractivity contribution is 6.32. The predicted molar refractivity (Wildman–Crippen MR) is 90.3 cm³/mol. The van der Waals surface area contributed by atoms with Gasteiger partial charge in [0.05, 0.1) is 29.9 Å². The second-order valence-electron chi connectivity index (χ2n) is 4.90. The number of anilines is 1. The van der Waals surface area contributed by atoms with E-state index in [1.54, 1.807) is 13.0 Å². The molecule has 0 radical (unpaired) electrons. The van der Waals surface area contributed by atoms with E-state index in [0.29, 0.717) is 22.7 Å². The van der Waals surface area contributed by atoms with E-state index in [2.05, 4.69) is 5.32 Å². The smallest absolute Gasteiger partial charge is 0.271 e. The molecule has 2 rings (SSSR count). The molecule has 126 valence electrons. The van der Waals surface area contributed by atoms with Crippen molar-refractivity contribution in [1.82, 2.24) is 0 Å². The molecule has 0 aromatic heterocycles. The Morgan fingerprint density at radius 3 is 2.50 bits per heavy atom. The fourth-order valence-corrected chi connectivity index (χ4v) is 2.39. The van der Waals surface area contributed by atoms with Crippen molar-refractivity contribution in [3.63, 3.8) is 0 Å². The van der Waals surface area contributed by atoms with Gasteiger partial charge in [-0.3, -0.25) is 14.9 Å². The number of carbonyl (C=O) groups is 1. The van der Waals surface area contributed by atoms with Crippen molar-refractivity contribution < 1.29 is 19.2 Å². The number of amides is 1. The normalized spacial score (nSPS) is 10.2. The number of halogens is 1. The Hall–Kier alpha value is -2.80. The number of non-ortho nitro benzene ring substituents is 1. The van der Waals surface area contributed by atoms with E-state index in [1.165, 1.54) is 38.5 Å². The second kappa shape index (κ2) is 7.18. The summed E-state index contributed by atoms with van der Waals surface area (Å²) >= 11 is 6.08. The summed E-state index contributed by atoms with van der Waals surface area (Å²) in [6.45, 7) is 1.74. The first kappa shape index (κ1) is 17.6. The minimum Gasteiger partial charge on any atom is -0.493 e. The van der Waals surface area contributed by atoms with Crippen LogP contribution in [0.25, 0.3) is 0 Å². The van der Waals surface area contributed by atoms with E-state index in [9.17, 15) is 14.9 Å². The summed E-state index contributed by atoms with van der Waals surface area (Å²) in [5.41, 5.74) is 1.17. The molecule has 0 aliphatic heterocycles. The molecule has 0 bridgehead atoms. The van der Waals surface area contributed by atoms with Crippen molar-refractivity contribution in [3.05, 3.63) is 56.6 Å². The quantitative estimate of drug-likeness (QED) is 0.653.